The molecule has 0 fully saturated rings. The van der Waals surface area contributed by atoms with Crippen molar-refractivity contribution in [1.29, 1.82) is 0 Å². The average Bonchev–Trinajstić information content (AvgIpc) is 2.37. The standard InChI is InChI=1S/C16H16ClN/c1-12(2)10-15(16-8-3-4-9-18-16)13-6-5-7-14(17)11-13/h3-12H,1-2H3/b15-10+. The largest absolute Gasteiger partial charge is 0.256 e. The van der Waals surface area contributed by atoms with E-state index in [1.54, 1.807) is 0 Å². The fourth-order valence-electron chi connectivity index (χ4n) is 1.84. The first kappa shape index (κ1) is 12.8. The Balaban J connectivity index is 2.51. The number of halogens is 1. The lowest BCUT2D eigenvalue weighted by Gasteiger charge is -2.09. The summed E-state index contributed by atoms with van der Waals surface area (Å²) in [5.41, 5.74) is 3.22. The molecule has 0 bridgehead atoms. The first-order valence-corrected chi connectivity index (χ1v) is 6.44. The average molecular weight is 258 g/mol. The van der Waals surface area contributed by atoms with Crippen LogP contribution < -0.4 is 0 Å². The molecule has 0 aliphatic rings. The summed E-state index contributed by atoms with van der Waals surface area (Å²) < 4.78 is 0. The van der Waals surface area contributed by atoms with Gasteiger partial charge < -0.3 is 0 Å². The zero-order valence-corrected chi connectivity index (χ0v) is 11.4. The van der Waals surface area contributed by atoms with Crippen molar-refractivity contribution in [2.45, 2.75) is 13.8 Å². The second kappa shape index (κ2) is 5.83. The fraction of sp³-hybridized carbons (Fsp3) is 0.188. The van der Waals surface area contributed by atoms with Gasteiger partial charge in [-0.2, -0.15) is 0 Å². The number of pyridine rings is 1. The van der Waals surface area contributed by atoms with E-state index in [9.17, 15) is 0 Å². The fourth-order valence-corrected chi connectivity index (χ4v) is 2.03. The summed E-state index contributed by atoms with van der Waals surface area (Å²) in [6.07, 6.45) is 4.03. The van der Waals surface area contributed by atoms with E-state index in [0.29, 0.717) is 5.92 Å². The number of nitrogens with zero attached hydrogens (tertiary/aromatic N) is 1. The SMILES string of the molecule is CC(C)/C=C(\c1cccc(Cl)c1)c1ccccn1. The number of hydrogen-bond acceptors (Lipinski definition) is 1. The van der Waals surface area contributed by atoms with Crippen molar-refractivity contribution in [2.75, 3.05) is 0 Å². The van der Waals surface area contributed by atoms with Gasteiger partial charge in [0.15, 0.2) is 0 Å². The summed E-state index contributed by atoms with van der Waals surface area (Å²) in [4.78, 5) is 4.43. The number of benzene rings is 1. The van der Waals surface area contributed by atoms with Crippen LogP contribution in [0.4, 0.5) is 0 Å². The zero-order chi connectivity index (χ0) is 13.0. The van der Waals surface area contributed by atoms with Crippen LogP contribution in [0.1, 0.15) is 25.1 Å². The summed E-state index contributed by atoms with van der Waals surface area (Å²) in [6, 6.07) is 13.8. The van der Waals surface area contributed by atoms with Crippen LogP contribution in [0.25, 0.3) is 5.57 Å². The van der Waals surface area contributed by atoms with Gasteiger partial charge in [-0.3, -0.25) is 4.98 Å². The normalized spacial score (nSPS) is 11.9. The molecular formula is C16H16ClN. The maximum absolute atomic E-state index is 6.07. The van der Waals surface area contributed by atoms with E-state index in [1.807, 2.05) is 42.6 Å². The Labute approximate surface area is 113 Å². The van der Waals surface area contributed by atoms with Crippen molar-refractivity contribution >= 4 is 17.2 Å². The summed E-state index contributed by atoms with van der Waals surface area (Å²) >= 11 is 6.07. The number of allylic oxidation sites excluding steroid dienone is 1. The lowest BCUT2D eigenvalue weighted by molar-refractivity contribution is 0.833. The van der Waals surface area contributed by atoms with Crippen molar-refractivity contribution in [1.82, 2.24) is 4.98 Å². The molecule has 0 aliphatic heterocycles. The van der Waals surface area contributed by atoms with Crippen LogP contribution in [0.2, 0.25) is 5.02 Å². The first-order chi connectivity index (χ1) is 8.66. The Morgan fingerprint density at radius 1 is 1.17 bits per heavy atom. The van der Waals surface area contributed by atoms with Crippen LogP contribution >= 0.6 is 11.6 Å². The third-order valence-electron chi connectivity index (χ3n) is 2.58. The molecule has 92 valence electrons. The molecular weight excluding hydrogens is 242 g/mol. The minimum absolute atomic E-state index is 0.459. The van der Waals surface area contributed by atoms with Gasteiger partial charge in [0.05, 0.1) is 5.69 Å². The Morgan fingerprint density at radius 2 is 2.00 bits per heavy atom. The van der Waals surface area contributed by atoms with Crippen molar-refractivity contribution < 1.29 is 0 Å². The van der Waals surface area contributed by atoms with Gasteiger partial charge in [0.1, 0.15) is 0 Å². The predicted molar refractivity (Wildman–Crippen MR) is 77.6 cm³/mol. The molecule has 0 radical (unpaired) electrons. The van der Waals surface area contributed by atoms with Crippen LogP contribution in [-0.4, -0.2) is 4.98 Å². The van der Waals surface area contributed by atoms with Crippen molar-refractivity contribution in [2.24, 2.45) is 5.92 Å². The third-order valence-corrected chi connectivity index (χ3v) is 2.81. The molecule has 2 aromatic rings. The highest BCUT2D eigenvalue weighted by Crippen LogP contribution is 2.25. The quantitative estimate of drug-likeness (QED) is 0.768. The van der Waals surface area contributed by atoms with Gasteiger partial charge in [-0.1, -0.05) is 49.7 Å². The smallest absolute Gasteiger partial charge is 0.0704 e. The maximum Gasteiger partial charge on any atom is 0.0704 e. The molecule has 1 aromatic carbocycles. The number of hydrogen-bond donors (Lipinski definition) is 0. The summed E-state index contributed by atoms with van der Waals surface area (Å²) in [6.45, 7) is 4.32. The van der Waals surface area contributed by atoms with Gasteiger partial charge in [-0.25, -0.2) is 0 Å². The van der Waals surface area contributed by atoms with E-state index < -0.39 is 0 Å². The summed E-state index contributed by atoms with van der Waals surface area (Å²) in [5.74, 6) is 0.459. The second-order valence-corrected chi connectivity index (χ2v) is 4.99. The van der Waals surface area contributed by atoms with Gasteiger partial charge in [0.25, 0.3) is 0 Å². The zero-order valence-electron chi connectivity index (χ0n) is 10.6. The molecule has 1 aromatic heterocycles. The molecule has 18 heavy (non-hydrogen) atoms. The van der Waals surface area contributed by atoms with Crippen molar-refractivity contribution in [3.63, 3.8) is 0 Å². The second-order valence-electron chi connectivity index (χ2n) is 4.55. The molecule has 0 saturated heterocycles. The van der Waals surface area contributed by atoms with Crippen molar-refractivity contribution in [3.05, 3.63) is 71.0 Å². The Kier molecular flexibility index (Phi) is 4.16. The van der Waals surface area contributed by atoms with Crippen LogP contribution in [0, 0.1) is 5.92 Å². The molecule has 1 nitrogen and oxygen atoms in total. The lowest BCUT2D eigenvalue weighted by atomic mass is 9.98. The first-order valence-electron chi connectivity index (χ1n) is 6.06. The molecule has 2 heteroatoms. The molecule has 1 heterocycles. The van der Waals surface area contributed by atoms with Crippen LogP contribution in [0.3, 0.4) is 0 Å². The van der Waals surface area contributed by atoms with Crippen molar-refractivity contribution in [3.8, 4) is 0 Å². The van der Waals surface area contributed by atoms with Gasteiger partial charge in [0.2, 0.25) is 0 Å². The van der Waals surface area contributed by atoms with E-state index >= 15 is 0 Å². The molecule has 0 amide bonds. The Morgan fingerprint density at radius 3 is 2.61 bits per heavy atom. The highest BCUT2D eigenvalue weighted by atomic mass is 35.5. The Hall–Kier alpha value is -1.60. The lowest BCUT2D eigenvalue weighted by Crippen LogP contribution is -1.93. The predicted octanol–water partition coefficient (Wildman–Crippen LogP) is 4.82. The van der Waals surface area contributed by atoms with E-state index in [2.05, 4.69) is 31.0 Å². The molecule has 0 spiro atoms. The van der Waals surface area contributed by atoms with Gasteiger partial charge in [-0.05, 0) is 35.7 Å². The van der Waals surface area contributed by atoms with E-state index in [4.69, 9.17) is 11.6 Å². The highest BCUT2D eigenvalue weighted by Gasteiger charge is 2.07. The molecule has 0 N–H and O–H groups in total. The van der Waals surface area contributed by atoms with E-state index in [-0.39, 0.29) is 0 Å². The maximum atomic E-state index is 6.07. The Bertz CT molecular complexity index is 544. The van der Waals surface area contributed by atoms with Gasteiger partial charge >= 0.3 is 0 Å². The molecule has 0 aliphatic carbocycles. The van der Waals surface area contributed by atoms with Crippen LogP contribution in [-0.2, 0) is 0 Å². The summed E-state index contributed by atoms with van der Waals surface area (Å²) in [7, 11) is 0. The number of rotatable bonds is 3. The van der Waals surface area contributed by atoms with E-state index in [1.165, 1.54) is 0 Å². The molecule has 2 rings (SSSR count). The molecule has 0 saturated carbocycles. The van der Waals surface area contributed by atoms with Gasteiger partial charge in [0, 0.05) is 16.8 Å². The highest BCUT2D eigenvalue weighted by molar-refractivity contribution is 6.30. The van der Waals surface area contributed by atoms with E-state index in [0.717, 1.165) is 21.9 Å². The summed E-state index contributed by atoms with van der Waals surface area (Å²) in [5, 5.41) is 0.748. The minimum atomic E-state index is 0.459. The van der Waals surface area contributed by atoms with Crippen LogP contribution in [0.15, 0.2) is 54.7 Å². The van der Waals surface area contributed by atoms with Crippen LogP contribution in [0.5, 0.6) is 0 Å². The minimum Gasteiger partial charge on any atom is -0.256 e. The third kappa shape index (κ3) is 3.21. The number of aromatic nitrogens is 1. The van der Waals surface area contributed by atoms with Gasteiger partial charge in [-0.15, -0.1) is 0 Å². The topological polar surface area (TPSA) is 12.9 Å². The molecule has 0 unspecified atom stereocenters. The monoisotopic (exact) mass is 257 g/mol. The molecule has 0 atom stereocenters.